The number of rotatable bonds is 19. The first-order chi connectivity index (χ1) is 27.9. The van der Waals surface area contributed by atoms with Crippen LogP contribution in [0.25, 0.3) is 16.9 Å². The number of hydrogen-bond acceptors (Lipinski definition) is 11. The lowest BCUT2D eigenvalue weighted by Crippen LogP contribution is -2.48. The van der Waals surface area contributed by atoms with Gasteiger partial charge in [-0.2, -0.15) is 5.10 Å². The molecule has 5 aromatic rings. The second-order valence-electron chi connectivity index (χ2n) is 14.3. The zero-order chi connectivity index (χ0) is 41.2. The summed E-state index contributed by atoms with van der Waals surface area (Å²) in [5.74, 6) is -1.28. The molecule has 2 aromatic heterocycles. The highest BCUT2D eigenvalue weighted by molar-refractivity contribution is 9.10. The average molecular weight is 855 g/mol. The van der Waals surface area contributed by atoms with E-state index in [4.69, 9.17) is 34.5 Å². The minimum atomic E-state index is -1.33. The van der Waals surface area contributed by atoms with E-state index in [1.807, 2.05) is 66.9 Å². The van der Waals surface area contributed by atoms with E-state index >= 15 is 0 Å². The molecule has 3 aromatic carbocycles. The first-order valence-corrected chi connectivity index (χ1v) is 19.5. The highest BCUT2D eigenvalue weighted by Gasteiger charge is 2.44. The van der Waals surface area contributed by atoms with Gasteiger partial charge in [-0.05, 0) is 97.7 Å². The maximum Gasteiger partial charge on any atom is 0.306 e. The van der Waals surface area contributed by atoms with E-state index in [0.717, 1.165) is 31.9 Å². The van der Waals surface area contributed by atoms with Gasteiger partial charge < -0.3 is 29.4 Å². The molecule has 3 amide bonds. The third-order valence-electron chi connectivity index (χ3n) is 8.86. The maximum absolute atomic E-state index is 13.5. The van der Waals surface area contributed by atoms with Crippen LogP contribution in [-0.2, 0) is 25.7 Å². The summed E-state index contributed by atoms with van der Waals surface area (Å²) in [5, 5.41) is 4.72. The van der Waals surface area contributed by atoms with E-state index in [-0.39, 0.29) is 36.3 Å². The number of carbonyl (C=O) groups excluding carboxylic acids is 4. The number of pyridine rings is 1. The molecule has 0 radical (unpaired) electrons. The molecule has 1 aliphatic rings. The van der Waals surface area contributed by atoms with Crippen LogP contribution in [0.2, 0.25) is 0 Å². The van der Waals surface area contributed by atoms with Crippen molar-refractivity contribution in [3.05, 3.63) is 119 Å². The van der Waals surface area contributed by atoms with Crippen molar-refractivity contribution in [3.63, 3.8) is 0 Å². The van der Waals surface area contributed by atoms with Crippen molar-refractivity contribution >= 4 is 39.6 Å². The molecule has 1 atom stereocenters. The molecule has 1 unspecified atom stereocenters. The smallest absolute Gasteiger partial charge is 0.306 e. The predicted octanol–water partition coefficient (Wildman–Crippen LogP) is 6.71. The number of nitrogens with zero attached hydrogens (tertiary/aromatic N) is 4. The lowest BCUT2D eigenvalue weighted by molar-refractivity contribution is -0.155. The van der Waals surface area contributed by atoms with Crippen molar-refractivity contribution < 1.29 is 42.9 Å². The number of halogens is 1. The van der Waals surface area contributed by atoms with E-state index in [9.17, 15) is 19.2 Å². The standard InChI is InChI=1S/C43H44BrN5O9/c1-43(2,3)58-37(50)17-16-34(40(45)51)49-41(52)32-9-6-11-36(38(32)42(49)53)55-23-7-22-54-24-25-56-35-10-5-4-8-29(35)27-57-31-14-12-30(13-15-31)48-26-33(44)39(47-48)28-18-20-46-21-19-28/h4-6,8-15,18-21,26,34H,7,16-17,22-25,27H2,1-3H3,(H2,45,51). The Balaban J connectivity index is 0.927. The molecular formula is C43H44BrN5O9. The zero-order valence-electron chi connectivity index (χ0n) is 32.4. The summed E-state index contributed by atoms with van der Waals surface area (Å²) in [5.41, 5.74) is 8.55. The van der Waals surface area contributed by atoms with Gasteiger partial charge in [0.1, 0.15) is 47.8 Å². The fraction of sp³-hybridized carbons (Fsp3) is 0.302. The van der Waals surface area contributed by atoms with E-state index in [1.165, 1.54) is 6.07 Å². The first kappa shape index (κ1) is 41.6. The van der Waals surface area contributed by atoms with Crippen LogP contribution in [0.1, 0.15) is 66.3 Å². The molecule has 58 heavy (non-hydrogen) atoms. The number of primary amides is 1. The summed E-state index contributed by atoms with van der Waals surface area (Å²) in [6.45, 7) is 6.63. The quantitative estimate of drug-likeness (QED) is 0.0531. The van der Waals surface area contributed by atoms with Crippen molar-refractivity contribution in [1.29, 1.82) is 0 Å². The Kier molecular flexibility index (Phi) is 13.6. The SMILES string of the molecule is CC(C)(C)OC(=O)CCC(C(N)=O)N1C(=O)c2cccc(OCCCOCCOc3ccccc3COc3ccc(-n4cc(Br)c(-c5ccncc5)n4)cc3)c2C1=O. The molecule has 1 aliphatic heterocycles. The van der Waals surface area contributed by atoms with E-state index < -0.39 is 35.3 Å². The summed E-state index contributed by atoms with van der Waals surface area (Å²) in [7, 11) is 0. The highest BCUT2D eigenvalue weighted by atomic mass is 79.9. The molecule has 15 heteroatoms. The molecule has 14 nitrogen and oxygen atoms in total. The number of hydrogen-bond donors (Lipinski definition) is 1. The van der Waals surface area contributed by atoms with E-state index in [1.54, 1.807) is 50.0 Å². The second kappa shape index (κ2) is 18.9. The topological polar surface area (TPSA) is 174 Å². The number of imide groups is 1. The third kappa shape index (κ3) is 10.5. The van der Waals surface area contributed by atoms with Gasteiger partial charge in [0.15, 0.2) is 0 Å². The summed E-state index contributed by atoms with van der Waals surface area (Å²) < 4.78 is 31.7. The summed E-state index contributed by atoms with van der Waals surface area (Å²) in [6, 6.07) is 22.5. The molecule has 0 saturated carbocycles. The molecule has 0 aliphatic carbocycles. The maximum atomic E-state index is 13.5. The van der Waals surface area contributed by atoms with Gasteiger partial charge in [-0.15, -0.1) is 0 Å². The van der Waals surface area contributed by atoms with Crippen molar-refractivity contribution in [2.75, 3.05) is 26.4 Å². The van der Waals surface area contributed by atoms with Crippen LogP contribution in [-0.4, -0.2) is 81.4 Å². The Morgan fingerprint density at radius 3 is 2.29 bits per heavy atom. The third-order valence-corrected chi connectivity index (χ3v) is 9.44. The molecule has 0 spiro atoms. The van der Waals surface area contributed by atoms with Gasteiger partial charge >= 0.3 is 5.97 Å². The Morgan fingerprint density at radius 1 is 0.828 bits per heavy atom. The van der Waals surface area contributed by atoms with E-state index in [0.29, 0.717) is 44.3 Å². The average Bonchev–Trinajstić information content (AvgIpc) is 3.71. The van der Waals surface area contributed by atoms with Crippen LogP contribution >= 0.6 is 15.9 Å². The Morgan fingerprint density at radius 2 is 1.55 bits per heavy atom. The molecule has 3 heterocycles. The molecular weight excluding hydrogens is 810 g/mol. The number of amides is 3. The van der Waals surface area contributed by atoms with Gasteiger partial charge in [0.25, 0.3) is 11.8 Å². The number of benzene rings is 3. The minimum Gasteiger partial charge on any atom is -0.493 e. The second-order valence-corrected chi connectivity index (χ2v) is 15.1. The number of aromatic nitrogens is 3. The predicted molar refractivity (Wildman–Crippen MR) is 217 cm³/mol. The molecule has 0 bridgehead atoms. The molecule has 0 saturated heterocycles. The van der Waals surface area contributed by atoms with Crippen LogP contribution in [0.4, 0.5) is 0 Å². The van der Waals surface area contributed by atoms with Gasteiger partial charge in [0.05, 0.1) is 34.5 Å². The van der Waals surface area contributed by atoms with Crippen LogP contribution in [0.15, 0.2) is 102 Å². The van der Waals surface area contributed by atoms with Gasteiger partial charge in [-0.1, -0.05) is 24.3 Å². The number of ether oxygens (including phenoxy) is 5. The lowest BCUT2D eigenvalue weighted by atomic mass is 10.1. The minimum absolute atomic E-state index is 0.0449. The number of para-hydroxylation sites is 1. The summed E-state index contributed by atoms with van der Waals surface area (Å²) >= 11 is 3.61. The normalized spacial score (nSPS) is 12.9. The monoisotopic (exact) mass is 853 g/mol. The number of nitrogens with two attached hydrogens (primary N) is 1. The number of esters is 1. The van der Waals surface area contributed by atoms with Crippen molar-refractivity contribution in [1.82, 2.24) is 19.7 Å². The van der Waals surface area contributed by atoms with Crippen LogP contribution < -0.4 is 19.9 Å². The van der Waals surface area contributed by atoms with Gasteiger partial charge in [-0.25, -0.2) is 4.68 Å². The number of carbonyl (C=O) groups is 4. The molecule has 6 rings (SSSR count). The lowest BCUT2D eigenvalue weighted by Gasteiger charge is -2.24. The van der Waals surface area contributed by atoms with Crippen LogP contribution in [0.3, 0.4) is 0 Å². The number of fused-ring (bicyclic) bond motifs is 1. The summed E-state index contributed by atoms with van der Waals surface area (Å²) in [6.07, 6.45) is 5.51. The summed E-state index contributed by atoms with van der Waals surface area (Å²) in [4.78, 5) is 56.2. The molecule has 302 valence electrons. The Hall–Kier alpha value is -6.06. The van der Waals surface area contributed by atoms with Gasteiger partial charge in [-0.3, -0.25) is 29.1 Å². The first-order valence-electron chi connectivity index (χ1n) is 18.7. The van der Waals surface area contributed by atoms with Crippen molar-refractivity contribution in [2.24, 2.45) is 5.73 Å². The van der Waals surface area contributed by atoms with Crippen molar-refractivity contribution in [2.45, 2.75) is 58.3 Å². The Bertz CT molecular complexity index is 2240. The van der Waals surface area contributed by atoms with Crippen molar-refractivity contribution in [3.8, 4) is 34.2 Å². The molecule has 2 N–H and O–H groups in total. The van der Waals surface area contributed by atoms with Crippen LogP contribution in [0, 0.1) is 0 Å². The fourth-order valence-electron chi connectivity index (χ4n) is 6.19. The zero-order valence-corrected chi connectivity index (χ0v) is 34.0. The Labute approximate surface area is 344 Å². The van der Waals surface area contributed by atoms with Gasteiger partial charge in [0, 0.05) is 49.2 Å². The van der Waals surface area contributed by atoms with Gasteiger partial charge in [0.2, 0.25) is 5.91 Å². The highest BCUT2D eigenvalue weighted by Crippen LogP contribution is 2.33. The fourth-order valence-corrected chi connectivity index (χ4v) is 6.69. The van der Waals surface area contributed by atoms with Crippen LogP contribution in [0.5, 0.6) is 17.2 Å². The molecule has 0 fully saturated rings. The largest absolute Gasteiger partial charge is 0.493 e. The van der Waals surface area contributed by atoms with E-state index in [2.05, 4.69) is 20.9 Å².